The van der Waals surface area contributed by atoms with E-state index < -0.39 is 9.84 Å². The van der Waals surface area contributed by atoms with E-state index in [4.69, 9.17) is 5.73 Å². The van der Waals surface area contributed by atoms with Crippen molar-refractivity contribution in [1.82, 2.24) is 9.97 Å². The maximum atomic E-state index is 12.9. The van der Waals surface area contributed by atoms with Gasteiger partial charge in [-0.2, -0.15) is 0 Å². The van der Waals surface area contributed by atoms with Crippen LogP contribution in [0.15, 0.2) is 63.6 Å². The van der Waals surface area contributed by atoms with Crippen molar-refractivity contribution in [3.63, 3.8) is 0 Å². The minimum Gasteiger partial charge on any atom is -0.382 e. The standard InChI is InChI=1S/C23H26N4O3S2/c1-14(2)17-5-7-19(8-6-17)32(29,30)20-12-25-23(27-22(20)24)31-13-21(28)26-18-10-15(3)9-16(4)11-18/h5-12,14H,13H2,1-4H3,(H,26,28)(H2,24,25,27). The lowest BCUT2D eigenvalue weighted by Gasteiger charge is -2.10. The minimum atomic E-state index is -3.85. The zero-order chi connectivity index (χ0) is 23.5. The molecule has 168 valence electrons. The first kappa shape index (κ1) is 23.7. The normalized spacial score (nSPS) is 11.5. The van der Waals surface area contributed by atoms with E-state index in [2.05, 4.69) is 15.3 Å². The second kappa shape index (κ2) is 9.70. The molecule has 3 rings (SSSR count). The van der Waals surface area contributed by atoms with Gasteiger partial charge in [-0.05, 0) is 60.7 Å². The predicted octanol–water partition coefficient (Wildman–Crippen LogP) is 4.36. The van der Waals surface area contributed by atoms with Crippen LogP contribution in [0.1, 0.15) is 36.5 Å². The van der Waals surface area contributed by atoms with Crippen LogP contribution in [-0.4, -0.2) is 30.0 Å². The van der Waals surface area contributed by atoms with Crippen LogP contribution in [-0.2, 0) is 14.6 Å². The molecule has 0 atom stereocenters. The molecular weight excluding hydrogens is 444 g/mol. The first-order valence-electron chi connectivity index (χ1n) is 10.0. The summed E-state index contributed by atoms with van der Waals surface area (Å²) in [6, 6.07) is 12.5. The molecule has 0 unspecified atom stereocenters. The Hall–Kier alpha value is -2.91. The maximum Gasteiger partial charge on any atom is 0.234 e. The van der Waals surface area contributed by atoms with Crippen LogP contribution in [0.5, 0.6) is 0 Å². The molecule has 0 bridgehead atoms. The number of nitrogens with two attached hydrogens (primary N) is 1. The Balaban J connectivity index is 1.69. The number of nitrogen functional groups attached to an aromatic ring is 1. The predicted molar refractivity (Wildman–Crippen MR) is 128 cm³/mol. The average molecular weight is 471 g/mol. The van der Waals surface area contributed by atoms with E-state index in [1.807, 2.05) is 45.9 Å². The highest BCUT2D eigenvalue weighted by molar-refractivity contribution is 7.99. The van der Waals surface area contributed by atoms with E-state index in [-0.39, 0.29) is 32.4 Å². The highest BCUT2D eigenvalue weighted by atomic mass is 32.2. The zero-order valence-corrected chi connectivity index (χ0v) is 20.0. The van der Waals surface area contributed by atoms with E-state index >= 15 is 0 Å². The third-order valence-electron chi connectivity index (χ3n) is 4.75. The molecule has 32 heavy (non-hydrogen) atoms. The van der Waals surface area contributed by atoms with E-state index in [1.54, 1.807) is 24.3 Å². The molecule has 0 saturated carbocycles. The van der Waals surface area contributed by atoms with Gasteiger partial charge in [-0.1, -0.05) is 43.8 Å². The Morgan fingerprint density at radius 1 is 1.09 bits per heavy atom. The molecule has 0 aliphatic heterocycles. The van der Waals surface area contributed by atoms with Gasteiger partial charge in [0.2, 0.25) is 15.7 Å². The number of thioether (sulfide) groups is 1. The second-order valence-corrected chi connectivity index (χ2v) is 10.7. The SMILES string of the molecule is Cc1cc(C)cc(NC(=O)CSc2ncc(S(=O)(=O)c3ccc(C(C)C)cc3)c(N)n2)c1. The third kappa shape index (κ3) is 5.66. The summed E-state index contributed by atoms with van der Waals surface area (Å²) in [6.07, 6.45) is 1.19. The Morgan fingerprint density at radius 2 is 1.72 bits per heavy atom. The molecule has 0 aliphatic rings. The van der Waals surface area contributed by atoms with Crippen molar-refractivity contribution >= 4 is 39.0 Å². The zero-order valence-electron chi connectivity index (χ0n) is 18.4. The Kier molecular flexibility index (Phi) is 7.20. The van der Waals surface area contributed by atoms with Crippen molar-refractivity contribution in [2.45, 2.75) is 48.6 Å². The highest BCUT2D eigenvalue weighted by Crippen LogP contribution is 2.27. The number of hydrogen-bond donors (Lipinski definition) is 2. The number of nitrogens with one attached hydrogen (secondary N) is 1. The summed E-state index contributed by atoms with van der Waals surface area (Å²) in [5.41, 5.74) is 9.81. The Bertz CT molecular complexity index is 1220. The molecule has 0 spiro atoms. The molecule has 3 aromatic rings. The number of aromatic nitrogens is 2. The Morgan fingerprint density at radius 3 is 2.28 bits per heavy atom. The highest BCUT2D eigenvalue weighted by Gasteiger charge is 2.23. The summed E-state index contributed by atoms with van der Waals surface area (Å²) in [5.74, 6) is -0.00675. The van der Waals surface area contributed by atoms with Crippen molar-refractivity contribution in [3.8, 4) is 0 Å². The molecular formula is C23H26N4O3S2. The monoisotopic (exact) mass is 470 g/mol. The van der Waals surface area contributed by atoms with Gasteiger partial charge in [0.25, 0.3) is 0 Å². The summed E-state index contributed by atoms with van der Waals surface area (Å²) < 4.78 is 25.9. The number of amides is 1. The first-order valence-corrected chi connectivity index (χ1v) is 12.5. The fourth-order valence-electron chi connectivity index (χ4n) is 3.18. The molecule has 7 nitrogen and oxygen atoms in total. The molecule has 1 amide bonds. The van der Waals surface area contributed by atoms with E-state index in [0.717, 1.165) is 34.1 Å². The number of aryl methyl sites for hydroxylation is 2. The number of rotatable bonds is 7. The van der Waals surface area contributed by atoms with Gasteiger partial charge >= 0.3 is 0 Å². The number of carbonyl (C=O) groups excluding carboxylic acids is 1. The average Bonchev–Trinajstić information content (AvgIpc) is 2.71. The number of benzene rings is 2. The first-order chi connectivity index (χ1) is 15.1. The van der Waals surface area contributed by atoms with Gasteiger partial charge in [-0.3, -0.25) is 4.79 Å². The van der Waals surface area contributed by atoms with Crippen LogP contribution in [0.4, 0.5) is 11.5 Å². The largest absolute Gasteiger partial charge is 0.382 e. The van der Waals surface area contributed by atoms with Crippen LogP contribution in [0.3, 0.4) is 0 Å². The summed E-state index contributed by atoms with van der Waals surface area (Å²) in [7, 11) is -3.85. The smallest absolute Gasteiger partial charge is 0.234 e. The quantitative estimate of drug-likeness (QED) is 0.389. The summed E-state index contributed by atoms with van der Waals surface area (Å²) >= 11 is 1.08. The van der Waals surface area contributed by atoms with Gasteiger partial charge in [0.05, 0.1) is 16.8 Å². The summed E-state index contributed by atoms with van der Waals surface area (Å²) in [4.78, 5) is 20.4. The fourth-order valence-corrected chi connectivity index (χ4v) is 5.06. The van der Waals surface area contributed by atoms with Crippen LogP contribution in [0.25, 0.3) is 0 Å². The van der Waals surface area contributed by atoms with Crippen LogP contribution in [0, 0.1) is 13.8 Å². The van der Waals surface area contributed by atoms with Crippen molar-refractivity contribution in [2.24, 2.45) is 0 Å². The number of sulfone groups is 1. The van der Waals surface area contributed by atoms with Gasteiger partial charge in [0.1, 0.15) is 10.7 Å². The van der Waals surface area contributed by atoms with Crippen molar-refractivity contribution in [2.75, 3.05) is 16.8 Å². The lowest BCUT2D eigenvalue weighted by atomic mass is 10.0. The van der Waals surface area contributed by atoms with Gasteiger partial charge in [-0.15, -0.1) is 0 Å². The summed E-state index contributed by atoms with van der Waals surface area (Å²) in [5, 5.41) is 3.06. The number of anilines is 2. The molecule has 1 heterocycles. The lowest BCUT2D eigenvalue weighted by molar-refractivity contribution is -0.113. The lowest BCUT2D eigenvalue weighted by Crippen LogP contribution is -2.15. The molecule has 9 heteroatoms. The van der Waals surface area contributed by atoms with E-state index in [0.29, 0.717) is 5.92 Å². The van der Waals surface area contributed by atoms with E-state index in [9.17, 15) is 13.2 Å². The molecule has 0 radical (unpaired) electrons. The minimum absolute atomic E-state index is 0.0647. The van der Waals surface area contributed by atoms with Gasteiger partial charge in [-0.25, -0.2) is 18.4 Å². The van der Waals surface area contributed by atoms with Gasteiger partial charge in [0, 0.05) is 5.69 Å². The maximum absolute atomic E-state index is 12.9. The molecule has 2 aromatic carbocycles. The number of hydrogen-bond acceptors (Lipinski definition) is 7. The second-order valence-electron chi connectivity index (χ2n) is 7.84. The van der Waals surface area contributed by atoms with Crippen molar-refractivity contribution in [1.29, 1.82) is 0 Å². The van der Waals surface area contributed by atoms with Crippen molar-refractivity contribution in [3.05, 3.63) is 65.4 Å². The van der Waals surface area contributed by atoms with Gasteiger partial charge < -0.3 is 11.1 Å². The number of carbonyl (C=O) groups is 1. The molecule has 0 aliphatic carbocycles. The number of nitrogens with zero attached hydrogens (tertiary/aromatic N) is 2. The van der Waals surface area contributed by atoms with E-state index in [1.165, 1.54) is 6.20 Å². The third-order valence-corrected chi connectivity index (χ3v) is 7.39. The molecule has 0 saturated heterocycles. The van der Waals surface area contributed by atoms with Crippen LogP contribution in [0.2, 0.25) is 0 Å². The van der Waals surface area contributed by atoms with Crippen molar-refractivity contribution < 1.29 is 13.2 Å². The molecule has 3 N–H and O–H groups in total. The fraction of sp³-hybridized carbons (Fsp3) is 0.261. The summed E-state index contributed by atoms with van der Waals surface area (Å²) in [6.45, 7) is 7.99. The molecule has 0 fully saturated rings. The van der Waals surface area contributed by atoms with Crippen LogP contribution < -0.4 is 11.1 Å². The van der Waals surface area contributed by atoms with Gasteiger partial charge in [0.15, 0.2) is 5.16 Å². The van der Waals surface area contributed by atoms with Crippen LogP contribution >= 0.6 is 11.8 Å². The topological polar surface area (TPSA) is 115 Å². The molecule has 1 aromatic heterocycles. The Labute approximate surface area is 192 Å².